The third kappa shape index (κ3) is 4.14. The van der Waals surface area contributed by atoms with Crippen molar-refractivity contribution in [3.8, 4) is 11.5 Å². The van der Waals surface area contributed by atoms with Gasteiger partial charge in [0.1, 0.15) is 11.5 Å². The van der Waals surface area contributed by atoms with Gasteiger partial charge in [0.15, 0.2) is 0 Å². The van der Waals surface area contributed by atoms with E-state index in [9.17, 15) is 15.0 Å². The van der Waals surface area contributed by atoms with Crippen molar-refractivity contribution in [2.24, 2.45) is 5.10 Å². The Bertz CT molecular complexity index is 795. The molecule has 0 aliphatic carbocycles. The number of benzene rings is 2. The lowest BCUT2D eigenvalue weighted by Gasteiger charge is -2.21. The summed E-state index contributed by atoms with van der Waals surface area (Å²) in [4.78, 5) is 12.0. The molecule has 0 bridgehead atoms. The summed E-state index contributed by atoms with van der Waals surface area (Å²) in [7, 11) is 0. The van der Waals surface area contributed by atoms with Gasteiger partial charge in [-0.25, -0.2) is 5.43 Å². The summed E-state index contributed by atoms with van der Waals surface area (Å²) in [6.07, 6.45) is 1.37. The lowest BCUT2D eigenvalue weighted by atomic mass is 9.85. The molecule has 0 aromatic heterocycles. The first-order valence-electron chi connectivity index (χ1n) is 7.34. The van der Waals surface area contributed by atoms with Crippen LogP contribution in [-0.4, -0.2) is 22.3 Å². The fourth-order valence-corrected chi connectivity index (χ4v) is 2.65. The molecule has 3 N–H and O–H groups in total. The summed E-state index contributed by atoms with van der Waals surface area (Å²) in [5.41, 5.74) is 3.47. The number of para-hydroxylation sites is 1. The van der Waals surface area contributed by atoms with Gasteiger partial charge in [0.25, 0.3) is 5.91 Å². The zero-order valence-corrected chi connectivity index (χ0v) is 15.3. The van der Waals surface area contributed by atoms with Gasteiger partial charge in [-0.1, -0.05) is 48.8 Å². The number of rotatable bonds is 3. The molecule has 2 aromatic rings. The second-order valence-electron chi connectivity index (χ2n) is 6.36. The molecule has 0 saturated carbocycles. The Morgan fingerprint density at radius 1 is 1.21 bits per heavy atom. The normalized spacial score (nSPS) is 11.7. The Labute approximate surface area is 149 Å². The number of hydrazone groups is 1. The van der Waals surface area contributed by atoms with Crippen molar-refractivity contribution in [1.29, 1.82) is 0 Å². The monoisotopic (exact) mass is 390 g/mol. The number of hydrogen-bond acceptors (Lipinski definition) is 4. The summed E-state index contributed by atoms with van der Waals surface area (Å²) < 4.78 is 0.804. The SMILES string of the molecule is CC(C)(C)c1cc(Br)cc(C=NNC(=O)c2ccccc2O)c1O. The number of phenols is 2. The van der Waals surface area contributed by atoms with Gasteiger partial charge in [0.2, 0.25) is 0 Å². The van der Waals surface area contributed by atoms with E-state index in [1.165, 1.54) is 18.3 Å². The zero-order chi connectivity index (χ0) is 17.9. The maximum Gasteiger partial charge on any atom is 0.275 e. The molecule has 2 aromatic carbocycles. The first-order valence-corrected chi connectivity index (χ1v) is 8.14. The van der Waals surface area contributed by atoms with E-state index in [0.717, 1.165) is 10.0 Å². The highest BCUT2D eigenvalue weighted by molar-refractivity contribution is 9.10. The molecule has 0 spiro atoms. The van der Waals surface area contributed by atoms with E-state index in [0.29, 0.717) is 5.56 Å². The molecule has 0 atom stereocenters. The molecular weight excluding hydrogens is 372 g/mol. The predicted molar refractivity (Wildman–Crippen MR) is 97.7 cm³/mol. The quantitative estimate of drug-likeness (QED) is 0.548. The fourth-order valence-electron chi connectivity index (χ4n) is 2.18. The molecule has 0 heterocycles. The maximum atomic E-state index is 12.0. The Balaban J connectivity index is 2.23. The number of hydrogen-bond donors (Lipinski definition) is 3. The standard InChI is InChI=1S/C18H19BrN2O3/c1-18(2,3)14-9-12(19)8-11(16(14)23)10-20-21-17(24)13-6-4-5-7-15(13)22/h4-10,22-23H,1-3H3,(H,21,24). The molecule has 0 unspecified atom stereocenters. The molecule has 0 aliphatic heterocycles. The lowest BCUT2D eigenvalue weighted by Crippen LogP contribution is -2.18. The van der Waals surface area contributed by atoms with E-state index >= 15 is 0 Å². The molecule has 1 amide bonds. The molecule has 0 fully saturated rings. The van der Waals surface area contributed by atoms with Crippen molar-refractivity contribution in [2.45, 2.75) is 26.2 Å². The number of carbonyl (C=O) groups is 1. The maximum absolute atomic E-state index is 12.0. The number of nitrogens with one attached hydrogen (secondary N) is 1. The minimum Gasteiger partial charge on any atom is -0.507 e. The molecule has 126 valence electrons. The topological polar surface area (TPSA) is 81.9 Å². The van der Waals surface area contributed by atoms with Gasteiger partial charge in [-0.05, 0) is 29.7 Å². The minimum absolute atomic E-state index is 0.117. The molecule has 0 aliphatic rings. The van der Waals surface area contributed by atoms with Gasteiger partial charge in [-0.15, -0.1) is 0 Å². The van der Waals surface area contributed by atoms with E-state index in [4.69, 9.17) is 0 Å². The van der Waals surface area contributed by atoms with Crippen LogP contribution in [0.4, 0.5) is 0 Å². The van der Waals surface area contributed by atoms with Crippen LogP contribution in [0.1, 0.15) is 42.3 Å². The third-order valence-corrected chi connectivity index (χ3v) is 3.89. The van der Waals surface area contributed by atoms with Crippen molar-refractivity contribution >= 4 is 28.1 Å². The van der Waals surface area contributed by atoms with Crippen LogP contribution in [0.3, 0.4) is 0 Å². The molecular formula is C18H19BrN2O3. The van der Waals surface area contributed by atoms with E-state index in [1.54, 1.807) is 18.2 Å². The number of halogens is 1. The highest BCUT2D eigenvalue weighted by Crippen LogP contribution is 2.35. The van der Waals surface area contributed by atoms with Gasteiger partial charge < -0.3 is 10.2 Å². The highest BCUT2D eigenvalue weighted by Gasteiger charge is 2.20. The number of aromatic hydroxyl groups is 2. The summed E-state index contributed by atoms with van der Waals surface area (Å²) in [6.45, 7) is 5.99. The first kappa shape index (κ1) is 18.0. The molecule has 2 rings (SSSR count). The van der Waals surface area contributed by atoms with Crippen LogP contribution in [0.2, 0.25) is 0 Å². The average molecular weight is 391 g/mol. The molecule has 0 radical (unpaired) electrons. The van der Waals surface area contributed by atoms with Crippen LogP contribution in [0.15, 0.2) is 46.0 Å². The van der Waals surface area contributed by atoms with Crippen LogP contribution in [0, 0.1) is 0 Å². The van der Waals surface area contributed by atoms with Gasteiger partial charge in [0, 0.05) is 15.6 Å². The average Bonchev–Trinajstić information content (AvgIpc) is 2.49. The van der Waals surface area contributed by atoms with Gasteiger partial charge in [0.05, 0.1) is 11.8 Å². The van der Waals surface area contributed by atoms with Crippen LogP contribution in [-0.2, 0) is 5.41 Å². The summed E-state index contributed by atoms with van der Waals surface area (Å²) >= 11 is 3.41. The van der Waals surface area contributed by atoms with E-state index in [1.807, 2.05) is 26.8 Å². The lowest BCUT2D eigenvalue weighted by molar-refractivity contribution is 0.0952. The Kier molecular flexibility index (Phi) is 5.29. The molecule has 0 saturated heterocycles. The van der Waals surface area contributed by atoms with Crippen LogP contribution >= 0.6 is 15.9 Å². The molecule has 5 nitrogen and oxygen atoms in total. The van der Waals surface area contributed by atoms with Crippen molar-refractivity contribution in [3.05, 3.63) is 57.6 Å². The van der Waals surface area contributed by atoms with Crippen LogP contribution in [0.25, 0.3) is 0 Å². The number of nitrogens with zero attached hydrogens (tertiary/aromatic N) is 1. The summed E-state index contributed by atoms with van der Waals surface area (Å²) in [5.74, 6) is -0.535. The van der Waals surface area contributed by atoms with Crippen LogP contribution < -0.4 is 5.43 Å². The van der Waals surface area contributed by atoms with Gasteiger partial charge >= 0.3 is 0 Å². The fraction of sp³-hybridized carbons (Fsp3) is 0.222. The highest BCUT2D eigenvalue weighted by atomic mass is 79.9. The Hall–Kier alpha value is -2.34. The number of phenolic OH excluding ortho intramolecular Hbond substituents is 2. The number of carbonyl (C=O) groups excluding carboxylic acids is 1. The first-order chi connectivity index (χ1) is 11.2. The largest absolute Gasteiger partial charge is 0.507 e. The van der Waals surface area contributed by atoms with E-state index in [2.05, 4.69) is 26.5 Å². The Morgan fingerprint density at radius 3 is 2.50 bits per heavy atom. The van der Waals surface area contributed by atoms with Gasteiger partial charge in [-0.3, -0.25) is 4.79 Å². The van der Waals surface area contributed by atoms with Crippen molar-refractivity contribution in [1.82, 2.24) is 5.43 Å². The second-order valence-corrected chi connectivity index (χ2v) is 7.27. The second kappa shape index (κ2) is 7.05. The third-order valence-electron chi connectivity index (χ3n) is 3.43. The van der Waals surface area contributed by atoms with E-state index < -0.39 is 5.91 Å². The molecule has 6 heteroatoms. The Morgan fingerprint density at radius 2 is 1.88 bits per heavy atom. The van der Waals surface area contributed by atoms with Crippen molar-refractivity contribution in [3.63, 3.8) is 0 Å². The molecule has 24 heavy (non-hydrogen) atoms. The number of amides is 1. The summed E-state index contributed by atoms with van der Waals surface area (Å²) in [5, 5.41) is 23.9. The minimum atomic E-state index is -0.533. The smallest absolute Gasteiger partial charge is 0.275 e. The van der Waals surface area contributed by atoms with Crippen molar-refractivity contribution in [2.75, 3.05) is 0 Å². The summed E-state index contributed by atoms with van der Waals surface area (Å²) in [6, 6.07) is 9.76. The zero-order valence-electron chi connectivity index (χ0n) is 13.7. The predicted octanol–water partition coefficient (Wildman–Crippen LogP) is 3.92. The van der Waals surface area contributed by atoms with Crippen LogP contribution in [0.5, 0.6) is 11.5 Å². The van der Waals surface area contributed by atoms with Gasteiger partial charge in [-0.2, -0.15) is 5.10 Å². The van der Waals surface area contributed by atoms with E-state index in [-0.39, 0.29) is 22.5 Å². The van der Waals surface area contributed by atoms with Crippen molar-refractivity contribution < 1.29 is 15.0 Å².